The van der Waals surface area contributed by atoms with Gasteiger partial charge in [0.2, 0.25) is 10.9 Å². The maximum atomic E-state index is 12.0. The predicted molar refractivity (Wildman–Crippen MR) is 105 cm³/mol. The molecule has 9 heteroatoms. The Morgan fingerprint density at radius 2 is 1.89 bits per heavy atom. The molecule has 1 N–H and O–H groups in total. The molecular formula is C18H20ClN3O4S. The fourth-order valence-electron chi connectivity index (χ4n) is 3.31. The lowest BCUT2D eigenvalue weighted by Gasteiger charge is -2.35. The topological polar surface area (TPSA) is 90.8 Å². The van der Waals surface area contributed by atoms with E-state index in [9.17, 15) is 13.2 Å². The van der Waals surface area contributed by atoms with Crippen molar-refractivity contribution in [3.8, 4) is 11.3 Å². The largest absolute Gasteiger partial charge is 0.465 e. The Bertz CT molecular complexity index is 919. The third kappa shape index (κ3) is 4.17. The van der Waals surface area contributed by atoms with E-state index in [2.05, 4.69) is 4.98 Å². The number of anilines is 1. The van der Waals surface area contributed by atoms with Crippen molar-refractivity contribution in [2.45, 2.75) is 25.8 Å². The van der Waals surface area contributed by atoms with Crippen LogP contribution in [-0.4, -0.2) is 48.6 Å². The third-order valence-corrected chi connectivity index (χ3v) is 5.94. The number of piperidine rings is 1. The zero-order valence-electron chi connectivity index (χ0n) is 14.7. The van der Waals surface area contributed by atoms with Crippen LogP contribution in [0.25, 0.3) is 11.3 Å². The number of aromatic nitrogens is 1. The minimum atomic E-state index is -2.93. The molecule has 1 aromatic heterocycles. The van der Waals surface area contributed by atoms with Crippen molar-refractivity contribution >= 4 is 34.3 Å². The first-order valence-electron chi connectivity index (χ1n) is 8.52. The van der Waals surface area contributed by atoms with E-state index in [0.717, 1.165) is 5.69 Å². The van der Waals surface area contributed by atoms with Crippen LogP contribution in [-0.2, 0) is 10.9 Å². The Morgan fingerprint density at radius 1 is 1.22 bits per heavy atom. The molecule has 1 aliphatic heterocycles. The summed E-state index contributed by atoms with van der Waals surface area (Å²) < 4.78 is 25.3. The van der Waals surface area contributed by atoms with Crippen molar-refractivity contribution < 1.29 is 18.3 Å². The number of rotatable bonds is 4. The summed E-state index contributed by atoms with van der Waals surface area (Å²) in [6.45, 7) is 2.45. The number of benzene rings is 1. The van der Waals surface area contributed by atoms with Crippen molar-refractivity contribution in [3.05, 3.63) is 47.1 Å². The highest BCUT2D eigenvalue weighted by atomic mass is 35.5. The molecule has 0 bridgehead atoms. The van der Waals surface area contributed by atoms with Crippen LogP contribution in [0.2, 0.25) is 5.02 Å². The van der Waals surface area contributed by atoms with E-state index >= 15 is 0 Å². The number of carbonyl (C=O) groups is 1. The molecule has 2 heterocycles. The van der Waals surface area contributed by atoms with E-state index in [1.165, 1.54) is 9.21 Å². The maximum absolute atomic E-state index is 12.0. The normalized spacial score (nSPS) is 15.1. The van der Waals surface area contributed by atoms with Crippen LogP contribution in [0, 0.1) is 6.92 Å². The molecule has 0 unspecified atom stereocenters. The summed E-state index contributed by atoms with van der Waals surface area (Å²) in [7, 11) is -2.93. The molecule has 0 radical (unpaired) electrons. The van der Waals surface area contributed by atoms with Gasteiger partial charge in [-0.25, -0.2) is 13.2 Å². The van der Waals surface area contributed by atoms with Crippen LogP contribution in [0.3, 0.4) is 0 Å². The first-order chi connectivity index (χ1) is 12.9. The zero-order valence-corrected chi connectivity index (χ0v) is 16.4. The van der Waals surface area contributed by atoms with Gasteiger partial charge in [0.15, 0.2) is 0 Å². The fourth-order valence-corrected chi connectivity index (χ4v) is 4.52. The number of likely N-dealkylation sites (tertiary alicyclic amines) is 1. The molecule has 2 aromatic rings. The van der Waals surface area contributed by atoms with E-state index in [1.54, 1.807) is 18.2 Å². The Labute approximate surface area is 164 Å². The highest BCUT2D eigenvalue weighted by Gasteiger charge is 2.30. The zero-order chi connectivity index (χ0) is 19.6. The highest BCUT2D eigenvalue weighted by molar-refractivity contribution is 7.74. The monoisotopic (exact) mass is 409 g/mol. The summed E-state index contributed by atoms with van der Waals surface area (Å²) in [4.78, 5) is 16.8. The standard InChI is InChI=1S/C18H20ClN3O4S/c1-12-4-2-6-15(20-12)14-5-3-7-16(17(14)19)22(27(25)26)13-8-10-21(11-9-13)18(23)24/h2-7,13,27H,8-11H2,1H3,(H,23,24). The van der Waals surface area contributed by atoms with Crippen LogP contribution in [0.1, 0.15) is 18.5 Å². The fraction of sp³-hybridized carbons (Fsp3) is 0.333. The average Bonchev–Trinajstić information content (AvgIpc) is 2.63. The second-order valence-corrected chi connectivity index (χ2v) is 7.67. The van der Waals surface area contributed by atoms with Crippen molar-refractivity contribution in [1.82, 2.24) is 9.88 Å². The second kappa shape index (κ2) is 8.14. The molecule has 27 heavy (non-hydrogen) atoms. The molecule has 7 nitrogen and oxygen atoms in total. The van der Waals surface area contributed by atoms with Gasteiger partial charge in [-0.15, -0.1) is 0 Å². The first-order valence-corrected chi connectivity index (χ1v) is 10.0. The van der Waals surface area contributed by atoms with Gasteiger partial charge in [-0.3, -0.25) is 9.29 Å². The van der Waals surface area contributed by atoms with Gasteiger partial charge in [-0.1, -0.05) is 29.8 Å². The Morgan fingerprint density at radius 3 is 2.48 bits per heavy atom. The molecule has 3 rings (SSSR count). The molecule has 0 atom stereocenters. The molecule has 1 aliphatic rings. The van der Waals surface area contributed by atoms with Crippen LogP contribution in [0.5, 0.6) is 0 Å². The van der Waals surface area contributed by atoms with Gasteiger partial charge in [0.1, 0.15) is 0 Å². The predicted octanol–water partition coefficient (Wildman–Crippen LogP) is 3.19. The summed E-state index contributed by atoms with van der Waals surface area (Å²) in [6.07, 6.45) is -0.158. The summed E-state index contributed by atoms with van der Waals surface area (Å²) >= 11 is 6.58. The number of aryl methyl sites for hydroxylation is 1. The molecule has 0 saturated carbocycles. The van der Waals surface area contributed by atoms with E-state index < -0.39 is 17.0 Å². The number of hydrogen-bond donors (Lipinski definition) is 2. The van der Waals surface area contributed by atoms with Gasteiger partial charge in [-0.05, 0) is 38.0 Å². The second-order valence-electron chi connectivity index (χ2n) is 6.39. The first kappa shape index (κ1) is 19.4. The van der Waals surface area contributed by atoms with Crippen molar-refractivity contribution in [2.24, 2.45) is 0 Å². The summed E-state index contributed by atoms with van der Waals surface area (Å²) in [5, 5.41) is 9.40. The molecule has 1 fully saturated rings. The number of nitrogens with zero attached hydrogens (tertiary/aromatic N) is 3. The quantitative estimate of drug-likeness (QED) is 0.757. The number of pyridine rings is 1. The third-order valence-electron chi connectivity index (χ3n) is 4.65. The van der Waals surface area contributed by atoms with Gasteiger partial charge in [0.25, 0.3) is 0 Å². The molecule has 1 aromatic carbocycles. The smallest absolute Gasteiger partial charge is 0.407 e. The van der Waals surface area contributed by atoms with Crippen LogP contribution < -0.4 is 4.31 Å². The Balaban J connectivity index is 1.95. The molecular weight excluding hydrogens is 390 g/mol. The van der Waals surface area contributed by atoms with E-state index in [1.807, 2.05) is 25.1 Å². The number of amides is 1. The molecule has 144 valence electrons. The molecule has 1 amide bonds. The van der Waals surface area contributed by atoms with Crippen molar-refractivity contribution in [1.29, 1.82) is 0 Å². The lowest BCUT2D eigenvalue weighted by Crippen LogP contribution is -2.46. The minimum Gasteiger partial charge on any atom is -0.465 e. The van der Waals surface area contributed by atoms with E-state index in [0.29, 0.717) is 34.8 Å². The van der Waals surface area contributed by atoms with Gasteiger partial charge >= 0.3 is 6.09 Å². The number of carboxylic acid groups (broad SMARTS) is 1. The van der Waals surface area contributed by atoms with Crippen LogP contribution in [0.4, 0.5) is 10.5 Å². The Kier molecular flexibility index (Phi) is 5.86. The van der Waals surface area contributed by atoms with Gasteiger partial charge in [0.05, 0.1) is 16.4 Å². The van der Waals surface area contributed by atoms with Gasteiger partial charge in [-0.2, -0.15) is 0 Å². The Hall–Kier alpha value is -2.32. The van der Waals surface area contributed by atoms with Gasteiger partial charge in [0, 0.05) is 30.4 Å². The lowest BCUT2D eigenvalue weighted by atomic mass is 10.0. The molecule has 0 aliphatic carbocycles. The van der Waals surface area contributed by atoms with Gasteiger partial charge < -0.3 is 10.0 Å². The van der Waals surface area contributed by atoms with Crippen LogP contribution in [0.15, 0.2) is 36.4 Å². The minimum absolute atomic E-state index is 0.288. The molecule has 1 saturated heterocycles. The lowest BCUT2D eigenvalue weighted by molar-refractivity contribution is 0.133. The number of hydrogen-bond acceptors (Lipinski definition) is 4. The maximum Gasteiger partial charge on any atom is 0.407 e. The summed E-state index contributed by atoms with van der Waals surface area (Å²) in [5.41, 5.74) is 2.55. The SMILES string of the molecule is Cc1cccc(-c2cccc(N(C3CCN(C(=O)O)CC3)[SH](=O)=O)c2Cl)n1. The highest BCUT2D eigenvalue weighted by Crippen LogP contribution is 2.37. The molecule has 0 spiro atoms. The summed E-state index contributed by atoms with van der Waals surface area (Å²) in [5.74, 6) is 0. The van der Waals surface area contributed by atoms with E-state index in [4.69, 9.17) is 16.7 Å². The van der Waals surface area contributed by atoms with Crippen molar-refractivity contribution in [2.75, 3.05) is 17.4 Å². The van der Waals surface area contributed by atoms with E-state index in [-0.39, 0.29) is 19.1 Å². The summed E-state index contributed by atoms with van der Waals surface area (Å²) in [6, 6.07) is 10.4. The number of halogens is 1. The van der Waals surface area contributed by atoms with Crippen LogP contribution >= 0.6 is 11.6 Å². The number of thiol groups is 1. The van der Waals surface area contributed by atoms with Crippen molar-refractivity contribution in [3.63, 3.8) is 0 Å². The average molecular weight is 410 g/mol.